The van der Waals surface area contributed by atoms with Crippen LogP contribution in [0.1, 0.15) is 25.3 Å². The van der Waals surface area contributed by atoms with Crippen LogP contribution in [0.3, 0.4) is 0 Å². The topological polar surface area (TPSA) is 73.6 Å². The molecule has 0 heterocycles. The number of hydrogen-bond acceptors (Lipinski definition) is 5. The Morgan fingerprint density at radius 2 is 1.60 bits per heavy atom. The maximum absolute atomic E-state index is 9.07. The molecule has 6 nitrogen and oxygen atoms in total. The van der Waals surface area contributed by atoms with Gasteiger partial charge < -0.3 is 14.4 Å². The van der Waals surface area contributed by atoms with Gasteiger partial charge in [-0.25, -0.2) is 4.85 Å². The van der Waals surface area contributed by atoms with Gasteiger partial charge in [0.25, 0.3) is 0 Å². The molecule has 0 fully saturated rings. The summed E-state index contributed by atoms with van der Waals surface area (Å²) >= 11 is 0. The molecule has 0 saturated heterocycles. The van der Waals surface area contributed by atoms with Crippen LogP contribution in [0.5, 0.6) is 5.75 Å². The molecule has 2 aromatic carbocycles. The monoisotopic (exact) mass is 400 g/mol. The highest BCUT2D eigenvalue weighted by Crippen LogP contribution is 2.30. The smallest absolute Gasteiger partial charge is 0.222 e. The Bertz CT molecular complexity index is 958. The fourth-order valence-electron chi connectivity index (χ4n) is 2.88. The summed E-state index contributed by atoms with van der Waals surface area (Å²) in [6.45, 7) is 11.3. The molecule has 0 amide bonds. The van der Waals surface area contributed by atoms with Crippen molar-refractivity contribution in [1.29, 1.82) is 10.5 Å². The molecule has 0 aliphatic carbocycles. The van der Waals surface area contributed by atoms with Gasteiger partial charge in [0.15, 0.2) is 0 Å². The molecule has 0 radical (unpaired) electrons. The Labute approximate surface area is 178 Å². The molecule has 0 aromatic heterocycles. The van der Waals surface area contributed by atoms with Crippen LogP contribution in [-0.4, -0.2) is 26.9 Å². The molecule has 2 rings (SSSR count). The number of methoxy groups -OCH3 is 1. The molecule has 0 N–H and O–H groups in total. The summed E-state index contributed by atoms with van der Waals surface area (Å²) in [5, 5.41) is 18.1. The molecule has 0 spiro atoms. The Kier molecular flexibility index (Phi) is 8.94. The van der Waals surface area contributed by atoms with Crippen molar-refractivity contribution in [2.75, 3.05) is 31.8 Å². The van der Waals surface area contributed by atoms with E-state index in [1.54, 1.807) is 31.4 Å². The number of rotatable bonds is 10. The van der Waals surface area contributed by atoms with Gasteiger partial charge in [0.2, 0.25) is 5.70 Å². The predicted molar refractivity (Wildman–Crippen MR) is 117 cm³/mol. The number of ether oxygens (including phenoxy) is 2. The second-order valence-electron chi connectivity index (χ2n) is 6.45. The van der Waals surface area contributed by atoms with Crippen LogP contribution in [-0.2, 0) is 4.74 Å². The molecule has 0 aliphatic rings. The van der Waals surface area contributed by atoms with Gasteiger partial charge in [0, 0.05) is 25.0 Å². The molecule has 152 valence electrons. The highest BCUT2D eigenvalue weighted by molar-refractivity contribution is 5.80. The van der Waals surface area contributed by atoms with E-state index in [1.165, 1.54) is 0 Å². The van der Waals surface area contributed by atoms with E-state index >= 15 is 0 Å². The Balaban J connectivity index is 2.30. The number of benzene rings is 2. The first kappa shape index (κ1) is 22.5. The van der Waals surface area contributed by atoms with Gasteiger partial charge in [-0.05, 0) is 48.4 Å². The van der Waals surface area contributed by atoms with E-state index in [1.807, 2.05) is 36.4 Å². The molecule has 0 unspecified atom stereocenters. The molecular formula is C24H24N4O2. The zero-order valence-electron chi connectivity index (χ0n) is 17.3. The van der Waals surface area contributed by atoms with Crippen LogP contribution in [0, 0.1) is 29.2 Å². The van der Waals surface area contributed by atoms with Crippen molar-refractivity contribution in [3.63, 3.8) is 0 Å². The summed E-state index contributed by atoms with van der Waals surface area (Å²) in [6, 6.07) is 18.8. The normalized spacial score (nSPS) is 9.70. The van der Waals surface area contributed by atoms with Gasteiger partial charge in [-0.2, -0.15) is 10.5 Å². The summed E-state index contributed by atoms with van der Waals surface area (Å²) in [5.41, 5.74) is 2.46. The van der Waals surface area contributed by atoms with Gasteiger partial charge >= 0.3 is 0 Å². The van der Waals surface area contributed by atoms with Crippen molar-refractivity contribution in [1.82, 2.24) is 0 Å². The minimum Gasteiger partial charge on any atom is -0.491 e. The maximum Gasteiger partial charge on any atom is 0.222 e. The maximum atomic E-state index is 9.07. The first-order valence-electron chi connectivity index (χ1n) is 9.70. The van der Waals surface area contributed by atoms with Crippen LogP contribution in [0.15, 0.2) is 54.1 Å². The quantitative estimate of drug-likeness (QED) is 0.306. The van der Waals surface area contributed by atoms with E-state index in [9.17, 15) is 0 Å². The largest absolute Gasteiger partial charge is 0.491 e. The van der Waals surface area contributed by atoms with Crippen LogP contribution in [0.25, 0.3) is 10.5 Å². The van der Waals surface area contributed by atoms with E-state index < -0.39 is 0 Å². The van der Waals surface area contributed by atoms with Crippen LogP contribution < -0.4 is 9.64 Å². The molecule has 6 heteroatoms. The van der Waals surface area contributed by atoms with Crippen LogP contribution >= 0.6 is 0 Å². The average Bonchev–Trinajstić information content (AvgIpc) is 2.79. The van der Waals surface area contributed by atoms with Crippen LogP contribution in [0.4, 0.5) is 11.4 Å². The fraction of sp³-hybridized carbons (Fsp3) is 0.292. The first-order valence-corrected chi connectivity index (χ1v) is 9.70. The predicted octanol–water partition coefficient (Wildman–Crippen LogP) is 5.33. The van der Waals surface area contributed by atoms with Crippen molar-refractivity contribution >= 4 is 17.1 Å². The summed E-state index contributed by atoms with van der Waals surface area (Å²) in [7, 11) is 1.64. The van der Waals surface area contributed by atoms with Gasteiger partial charge in [0.1, 0.15) is 17.9 Å². The minimum atomic E-state index is -0.176. The third-order valence-electron chi connectivity index (χ3n) is 4.46. The summed E-state index contributed by atoms with van der Waals surface area (Å²) < 4.78 is 10.6. The molecule has 30 heavy (non-hydrogen) atoms. The third-order valence-corrected chi connectivity index (χ3v) is 4.46. The molecule has 0 aliphatic heterocycles. The van der Waals surface area contributed by atoms with E-state index in [4.69, 9.17) is 26.6 Å². The molecule has 0 bridgehead atoms. The number of unbranched alkanes of at least 4 members (excludes halogenated alkanes) is 1. The zero-order valence-corrected chi connectivity index (χ0v) is 17.3. The highest BCUT2D eigenvalue weighted by Gasteiger charge is 2.13. The Hall–Kier alpha value is -3.79. The molecule has 0 atom stereocenters. The zero-order chi connectivity index (χ0) is 21.8. The van der Waals surface area contributed by atoms with E-state index in [-0.39, 0.29) is 11.3 Å². The fourth-order valence-corrected chi connectivity index (χ4v) is 2.88. The second-order valence-corrected chi connectivity index (χ2v) is 6.45. The highest BCUT2D eigenvalue weighted by atomic mass is 16.5. The Morgan fingerprint density at radius 3 is 2.10 bits per heavy atom. The lowest BCUT2D eigenvalue weighted by Crippen LogP contribution is -2.18. The SMILES string of the molecule is [C-]#[N+]C(=C(C#N)C#N)c1ccc(N(CCCC)c2ccc(OCCOC)cc2)cc1. The van der Waals surface area contributed by atoms with Crippen molar-refractivity contribution in [3.8, 4) is 17.9 Å². The second kappa shape index (κ2) is 11.9. The van der Waals surface area contributed by atoms with Crippen molar-refractivity contribution in [2.45, 2.75) is 19.8 Å². The molecule has 2 aromatic rings. The summed E-state index contributed by atoms with van der Waals surface area (Å²) in [6.07, 6.45) is 2.08. The number of hydrogen-bond donors (Lipinski definition) is 0. The van der Waals surface area contributed by atoms with E-state index in [2.05, 4.69) is 16.7 Å². The number of nitrogens with zero attached hydrogens (tertiary/aromatic N) is 4. The lowest BCUT2D eigenvalue weighted by atomic mass is 10.1. The Morgan fingerprint density at radius 1 is 1.00 bits per heavy atom. The van der Waals surface area contributed by atoms with Gasteiger partial charge in [0.05, 0.1) is 25.3 Å². The minimum absolute atomic E-state index is 0.0734. The first-order chi connectivity index (χ1) is 14.7. The van der Waals surface area contributed by atoms with Crippen molar-refractivity contribution in [2.24, 2.45) is 0 Å². The van der Waals surface area contributed by atoms with Gasteiger partial charge in [-0.3, -0.25) is 0 Å². The number of nitriles is 2. The van der Waals surface area contributed by atoms with Crippen molar-refractivity contribution < 1.29 is 9.47 Å². The van der Waals surface area contributed by atoms with Gasteiger partial charge in [-0.15, -0.1) is 0 Å². The third kappa shape index (κ3) is 5.85. The summed E-state index contributed by atoms with van der Waals surface area (Å²) in [4.78, 5) is 5.57. The van der Waals surface area contributed by atoms with Crippen LogP contribution in [0.2, 0.25) is 0 Å². The lowest BCUT2D eigenvalue weighted by molar-refractivity contribution is 0.146. The summed E-state index contributed by atoms with van der Waals surface area (Å²) in [5.74, 6) is 0.786. The number of anilines is 2. The average molecular weight is 400 g/mol. The number of allylic oxidation sites excluding steroid dienone is 1. The van der Waals surface area contributed by atoms with Crippen molar-refractivity contribution in [3.05, 3.63) is 71.1 Å². The standard InChI is InChI=1S/C24H24N4O2/c1-4-5-14-28(22-10-12-23(13-11-22)30-16-15-29-3)21-8-6-19(7-9-21)24(27-2)20(17-25)18-26/h6-13H,4-5,14-16H2,1,3H3. The van der Waals surface area contributed by atoms with E-state index in [0.717, 1.165) is 36.5 Å². The molecular weight excluding hydrogens is 376 g/mol. The lowest BCUT2D eigenvalue weighted by Gasteiger charge is -2.25. The van der Waals surface area contributed by atoms with Gasteiger partial charge in [-0.1, -0.05) is 25.5 Å². The van der Waals surface area contributed by atoms with E-state index in [0.29, 0.717) is 18.8 Å². The molecule has 0 saturated carbocycles.